The molecule has 1 heterocycles. The summed E-state index contributed by atoms with van der Waals surface area (Å²) in [5, 5.41) is 0. The molecule has 0 fully saturated rings. The molecular formula is C8H12N2O. The zero-order chi connectivity index (χ0) is 8.27. The third-order valence-corrected chi connectivity index (χ3v) is 1.60. The minimum absolute atomic E-state index is 0.382. The second kappa shape index (κ2) is 3.32. The molecule has 0 aromatic carbocycles. The van der Waals surface area contributed by atoms with Gasteiger partial charge in [0.15, 0.2) is 0 Å². The predicted molar refractivity (Wildman–Crippen MR) is 42.4 cm³/mol. The van der Waals surface area contributed by atoms with E-state index in [9.17, 15) is 4.79 Å². The van der Waals surface area contributed by atoms with E-state index in [0.29, 0.717) is 12.5 Å². The highest BCUT2D eigenvalue weighted by Gasteiger charge is 2.02. The SMILES string of the molecule is CC(C)n1cncc1CC=O. The summed E-state index contributed by atoms with van der Waals surface area (Å²) in [6.07, 6.45) is 4.84. The van der Waals surface area contributed by atoms with Crippen LogP contribution in [0.25, 0.3) is 0 Å². The molecule has 0 amide bonds. The van der Waals surface area contributed by atoms with Crippen molar-refractivity contribution in [3.63, 3.8) is 0 Å². The highest BCUT2D eigenvalue weighted by atomic mass is 16.1. The Labute approximate surface area is 66.1 Å². The van der Waals surface area contributed by atoms with Crippen molar-refractivity contribution in [3.05, 3.63) is 18.2 Å². The zero-order valence-electron chi connectivity index (χ0n) is 6.82. The summed E-state index contributed by atoms with van der Waals surface area (Å²) in [5.41, 5.74) is 0.981. The molecule has 0 saturated carbocycles. The van der Waals surface area contributed by atoms with Crippen LogP contribution in [0.2, 0.25) is 0 Å². The molecule has 0 N–H and O–H groups in total. The van der Waals surface area contributed by atoms with Crippen molar-refractivity contribution < 1.29 is 4.79 Å². The number of carbonyl (C=O) groups is 1. The Morgan fingerprint density at radius 2 is 2.45 bits per heavy atom. The summed E-state index contributed by atoms with van der Waals surface area (Å²) in [4.78, 5) is 14.2. The van der Waals surface area contributed by atoms with Gasteiger partial charge in [-0.05, 0) is 13.8 Å². The quantitative estimate of drug-likeness (QED) is 0.610. The fraction of sp³-hybridized carbons (Fsp3) is 0.500. The van der Waals surface area contributed by atoms with E-state index in [1.807, 2.05) is 4.57 Å². The summed E-state index contributed by atoms with van der Waals surface area (Å²) in [6, 6.07) is 0.382. The Bertz CT molecular complexity index is 240. The molecule has 0 spiro atoms. The van der Waals surface area contributed by atoms with Crippen molar-refractivity contribution >= 4 is 6.29 Å². The fourth-order valence-corrected chi connectivity index (χ4v) is 1.04. The van der Waals surface area contributed by atoms with Crippen LogP contribution >= 0.6 is 0 Å². The van der Waals surface area contributed by atoms with E-state index in [1.165, 1.54) is 0 Å². The molecule has 3 nitrogen and oxygen atoms in total. The van der Waals surface area contributed by atoms with Crippen LogP contribution in [0.1, 0.15) is 25.6 Å². The van der Waals surface area contributed by atoms with Crippen molar-refractivity contribution in [2.45, 2.75) is 26.3 Å². The molecule has 60 valence electrons. The molecule has 3 heteroatoms. The van der Waals surface area contributed by atoms with Gasteiger partial charge in [-0.1, -0.05) is 0 Å². The number of aldehydes is 1. The van der Waals surface area contributed by atoms with Gasteiger partial charge in [0.2, 0.25) is 0 Å². The highest BCUT2D eigenvalue weighted by Crippen LogP contribution is 2.07. The monoisotopic (exact) mass is 152 g/mol. The number of hydrogen-bond donors (Lipinski definition) is 0. The smallest absolute Gasteiger partial charge is 0.125 e. The summed E-state index contributed by atoms with van der Waals surface area (Å²) < 4.78 is 1.99. The topological polar surface area (TPSA) is 34.9 Å². The van der Waals surface area contributed by atoms with Crippen molar-refractivity contribution in [1.29, 1.82) is 0 Å². The van der Waals surface area contributed by atoms with Crippen LogP contribution in [0.4, 0.5) is 0 Å². The van der Waals surface area contributed by atoms with Gasteiger partial charge in [0, 0.05) is 24.4 Å². The van der Waals surface area contributed by atoms with Crippen molar-refractivity contribution in [2.24, 2.45) is 0 Å². The molecule has 1 aromatic rings. The number of nitrogens with zero attached hydrogens (tertiary/aromatic N) is 2. The first-order valence-corrected chi connectivity index (χ1v) is 3.70. The van der Waals surface area contributed by atoms with Gasteiger partial charge in [-0.15, -0.1) is 0 Å². The molecule has 0 unspecified atom stereocenters. The summed E-state index contributed by atoms with van der Waals surface area (Å²) >= 11 is 0. The minimum atomic E-state index is 0.382. The van der Waals surface area contributed by atoms with Crippen molar-refractivity contribution in [2.75, 3.05) is 0 Å². The van der Waals surface area contributed by atoms with Gasteiger partial charge < -0.3 is 9.36 Å². The molecule has 0 aliphatic heterocycles. The Kier molecular flexibility index (Phi) is 2.41. The number of rotatable bonds is 3. The fourth-order valence-electron chi connectivity index (χ4n) is 1.04. The number of carbonyl (C=O) groups excluding carboxylic acids is 1. The van der Waals surface area contributed by atoms with E-state index in [0.717, 1.165) is 12.0 Å². The third-order valence-electron chi connectivity index (χ3n) is 1.60. The van der Waals surface area contributed by atoms with Crippen LogP contribution < -0.4 is 0 Å². The molecule has 0 radical (unpaired) electrons. The first kappa shape index (κ1) is 7.98. The molecule has 0 bridgehead atoms. The lowest BCUT2D eigenvalue weighted by Gasteiger charge is -2.08. The van der Waals surface area contributed by atoms with Gasteiger partial charge in [-0.3, -0.25) is 0 Å². The molecule has 1 rings (SSSR count). The molecular weight excluding hydrogens is 140 g/mol. The van der Waals surface area contributed by atoms with Crippen LogP contribution in [0.5, 0.6) is 0 Å². The Hall–Kier alpha value is -1.12. The van der Waals surface area contributed by atoms with E-state index in [-0.39, 0.29) is 0 Å². The molecule has 0 aliphatic rings. The first-order chi connectivity index (χ1) is 5.25. The normalized spacial score (nSPS) is 10.5. The lowest BCUT2D eigenvalue weighted by atomic mass is 10.3. The van der Waals surface area contributed by atoms with Crippen molar-refractivity contribution in [3.8, 4) is 0 Å². The Morgan fingerprint density at radius 1 is 1.73 bits per heavy atom. The van der Waals surface area contributed by atoms with Crippen LogP contribution in [-0.4, -0.2) is 15.8 Å². The Morgan fingerprint density at radius 3 is 3.00 bits per heavy atom. The average Bonchev–Trinajstić information content (AvgIpc) is 2.36. The average molecular weight is 152 g/mol. The maximum atomic E-state index is 10.2. The maximum absolute atomic E-state index is 10.2. The number of aromatic nitrogens is 2. The van der Waals surface area contributed by atoms with E-state index in [1.54, 1.807) is 12.5 Å². The number of imidazole rings is 1. The predicted octanol–water partition coefficient (Wildman–Crippen LogP) is 1.21. The maximum Gasteiger partial charge on any atom is 0.125 e. The molecule has 0 saturated heterocycles. The van der Waals surface area contributed by atoms with Gasteiger partial charge in [0.1, 0.15) is 6.29 Å². The second-order valence-corrected chi connectivity index (χ2v) is 2.76. The van der Waals surface area contributed by atoms with E-state index >= 15 is 0 Å². The molecule has 0 atom stereocenters. The first-order valence-electron chi connectivity index (χ1n) is 3.70. The van der Waals surface area contributed by atoms with Crippen LogP contribution in [0.15, 0.2) is 12.5 Å². The standard InChI is InChI=1S/C8H12N2O/c1-7(2)10-6-9-5-8(10)3-4-11/h4-7H,3H2,1-2H3. The van der Waals surface area contributed by atoms with Crippen LogP contribution in [0, 0.1) is 0 Å². The minimum Gasteiger partial charge on any atom is -0.332 e. The third kappa shape index (κ3) is 1.67. The lowest BCUT2D eigenvalue weighted by molar-refractivity contribution is -0.107. The lowest BCUT2D eigenvalue weighted by Crippen LogP contribution is -2.04. The summed E-state index contributed by atoms with van der Waals surface area (Å²) in [7, 11) is 0. The van der Waals surface area contributed by atoms with Crippen molar-refractivity contribution in [1.82, 2.24) is 9.55 Å². The van der Waals surface area contributed by atoms with Gasteiger partial charge in [-0.2, -0.15) is 0 Å². The highest BCUT2D eigenvalue weighted by molar-refractivity contribution is 5.53. The van der Waals surface area contributed by atoms with Gasteiger partial charge in [0.05, 0.1) is 6.33 Å². The largest absolute Gasteiger partial charge is 0.332 e. The van der Waals surface area contributed by atoms with Crippen LogP contribution in [-0.2, 0) is 11.2 Å². The van der Waals surface area contributed by atoms with Gasteiger partial charge in [0.25, 0.3) is 0 Å². The molecule has 1 aromatic heterocycles. The number of hydrogen-bond acceptors (Lipinski definition) is 2. The van der Waals surface area contributed by atoms with E-state index in [4.69, 9.17) is 0 Å². The Balaban J connectivity index is 2.86. The zero-order valence-corrected chi connectivity index (χ0v) is 6.82. The van der Waals surface area contributed by atoms with Gasteiger partial charge >= 0.3 is 0 Å². The molecule has 0 aliphatic carbocycles. The summed E-state index contributed by atoms with van der Waals surface area (Å²) in [5.74, 6) is 0. The van der Waals surface area contributed by atoms with E-state index < -0.39 is 0 Å². The van der Waals surface area contributed by atoms with Gasteiger partial charge in [-0.25, -0.2) is 4.98 Å². The van der Waals surface area contributed by atoms with E-state index in [2.05, 4.69) is 18.8 Å². The summed E-state index contributed by atoms with van der Waals surface area (Å²) in [6.45, 7) is 4.13. The molecule has 11 heavy (non-hydrogen) atoms. The second-order valence-electron chi connectivity index (χ2n) is 2.76. The van der Waals surface area contributed by atoms with Crippen LogP contribution in [0.3, 0.4) is 0 Å².